The van der Waals surface area contributed by atoms with Crippen molar-refractivity contribution in [3.05, 3.63) is 87.4 Å². The van der Waals surface area contributed by atoms with Gasteiger partial charge in [0, 0.05) is 38.9 Å². The summed E-state index contributed by atoms with van der Waals surface area (Å²) in [7, 11) is 1.34. The number of aromatic nitrogens is 5. The third kappa shape index (κ3) is 3.87. The largest absolute Gasteiger partial charge is 0.368 e. The molecule has 2 aromatic carbocycles. The highest BCUT2D eigenvalue weighted by molar-refractivity contribution is 5.90. The first-order valence-corrected chi connectivity index (χ1v) is 10.7. The topological polar surface area (TPSA) is 119 Å². The average Bonchev–Trinajstić information content (AvgIpc) is 3.38. The van der Waals surface area contributed by atoms with Crippen LogP contribution < -0.4 is 16.1 Å². The number of nitrogens with zero attached hydrogens (tertiary/aromatic N) is 7. The number of rotatable bonds is 4. The van der Waals surface area contributed by atoms with E-state index in [0.717, 1.165) is 14.9 Å². The molecule has 0 bridgehead atoms. The fourth-order valence-corrected chi connectivity index (χ4v) is 3.80. The predicted molar refractivity (Wildman–Crippen MR) is 123 cm³/mol. The van der Waals surface area contributed by atoms with Crippen LogP contribution >= 0.6 is 0 Å². The predicted octanol–water partition coefficient (Wildman–Crippen LogP) is 0.944. The summed E-state index contributed by atoms with van der Waals surface area (Å²) in [4.78, 5) is 46.1. The molecule has 0 unspecified atom stereocenters. The fraction of sp³-hybridized carbons (Fsp3) is 0.217. The van der Waals surface area contributed by atoms with Gasteiger partial charge in [-0.2, -0.15) is 14.8 Å². The maximum absolute atomic E-state index is 12.9. The zero-order chi connectivity index (χ0) is 23.7. The van der Waals surface area contributed by atoms with E-state index in [4.69, 9.17) is 4.52 Å². The molecular formula is C23H21N7O4. The van der Waals surface area contributed by atoms with E-state index in [9.17, 15) is 14.4 Å². The van der Waals surface area contributed by atoms with Gasteiger partial charge in [0.05, 0.1) is 5.69 Å². The molecule has 1 amide bonds. The second-order valence-electron chi connectivity index (χ2n) is 7.78. The lowest BCUT2D eigenvalue weighted by Gasteiger charge is -2.35. The highest BCUT2D eigenvalue weighted by atomic mass is 16.5. The molecule has 1 saturated heterocycles. The van der Waals surface area contributed by atoms with E-state index < -0.39 is 17.2 Å². The molecule has 5 rings (SSSR count). The summed E-state index contributed by atoms with van der Waals surface area (Å²) in [5.41, 5.74) is 0.0812. The maximum Gasteiger partial charge on any atom is 0.351 e. The standard InChI is InChI=1S/C23H21N7O4/c1-27-21(31)18(25-30(23(27)33)17-10-6-3-7-11-17)19-24-20(34-26-19)22(32)29-14-12-28(13-15-29)16-8-4-2-5-9-16/h2-11H,12-15H2,1H3. The second kappa shape index (κ2) is 8.77. The molecule has 0 radical (unpaired) electrons. The minimum absolute atomic E-state index is 0.156. The molecule has 1 fully saturated rings. The summed E-state index contributed by atoms with van der Waals surface area (Å²) in [6.45, 7) is 2.32. The van der Waals surface area contributed by atoms with Crippen molar-refractivity contribution in [2.24, 2.45) is 7.05 Å². The number of benzene rings is 2. The van der Waals surface area contributed by atoms with Crippen LogP contribution in [0.15, 0.2) is 74.8 Å². The molecule has 4 aromatic rings. The van der Waals surface area contributed by atoms with Crippen LogP contribution in [0.25, 0.3) is 17.2 Å². The van der Waals surface area contributed by atoms with Gasteiger partial charge in [0.1, 0.15) is 0 Å². The van der Waals surface area contributed by atoms with Crippen LogP contribution in [0.2, 0.25) is 0 Å². The van der Waals surface area contributed by atoms with E-state index in [-0.39, 0.29) is 17.4 Å². The van der Waals surface area contributed by atoms with Crippen molar-refractivity contribution in [1.29, 1.82) is 0 Å². The first-order valence-electron chi connectivity index (χ1n) is 10.7. The Kier molecular flexibility index (Phi) is 5.50. The summed E-state index contributed by atoms with van der Waals surface area (Å²) >= 11 is 0. The molecule has 0 spiro atoms. The number of carbonyl (C=O) groups excluding carboxylic acids is 1. The van der Waals surface area contributed by atoms with Gasteiger partial charge in [-0.15, -0.1) is 0 Å². The van der Waals surface area contributed by atoms with Gasteiger partial charge in [-0.05, 0) is 24.3 Å². The molecular weight excluding hydrogens is 438 g/mol. The molecule has 1 aliphatic rings. The summed E-state index contributed by atoms with van der Waals surface area (Å²) < 4.78 is 7.17. The quantitative estimate of drug-likeness (QED) is 0.442. The minimum atomic E-state index is -0.687. The van der Waals surface area contributed by atoms with E-state index in [2.05, 4.69) is 20.1 Å². The smallest absolute Gasteiger partial charge is 0.351 e. The zero-order valence-electron chi connectivity index (χ0n) is 18.4. The number of carbonyl (C=O) groups is 1. The van der Waals surface area contributed by atoms with E-state index >= 15 is 0 Å². The number of amides is 1. The molecule has 0 saturated carbocycles. The van der Waals surface area contributed by atoms with Crippen molar-refractivity contribution in [1.82, 2.24) is 29.4 Å². The summed E-state index contributed by atoms with van der Waals surface area (Å²) in [5, 5.41) is 7.95. The van der Waals surface area contributed by atoms with E-state index in [0.29, 0.717) is 31.9 Å². The Balaban J connectivity index is 1.38. The van der Waals surface area contributed by atoms with Gasteiger partial charge < -0.3 is 14.3 Å². The second-order valence-corrected chi connectivity index (χ2v) is 7.78. The molecule has 0 aliphatic carbocycles. The van der Waals surface area contributed by atoms with E-state index in [1.807, 2.05) is 30.3 Å². The molecule has 11 heteroatoms. The minimum Gasteiger partial charge on any atom is -0.368 e. The third-order valence-electron chi connectivity index (χ3n) is 5.69. The van der Waals surface area contributed by atoms with Crippen LogP contribution in [0.5, 0.6) is 0 Å². The summed E-state index contributed by atoms with van der Waals surface area (Å²) in [6.07, 6.45) is 0. The van der Waals surface area contributed by atoms with Gasteiger partial charge in [0.15, 0.2) is 5.69 Å². The number of para-hydroxylation sites is 2. The monoisotopic (exact) mass is 459 g/mol. The van der Waals surface area contributed by atoms with Crippen molar-refractivity contribution < 1.29 is 9.32 Å². The van der Waals surface area contributed by atoms with Gasteiger partial charge in [-0.3, -0.25) is 14.2 Å². The Morgan fingerprint density at radius 2 is 1.50 bits per heavy atom. The Labute approximate surface area is 193 Å². The Bertz CT molecular complexity index is 1440. The van der Waals surface area contributed by atoms with Crippen molar-refractivity contribution >= 4 is 11.6 Å². The zero-order valence-corrected chi connectivity index (χ0v) is 18.4. The molecule has 11 nitrogen and oxygen atoms in total. The number of hydrogen-bond acceptors (Lipinski definition) is 8. The van der Waals surface area contributed by atoms with Crippen molar-refractivity contribution in [3.63, 3.8) is 0 Å². The Morgan fingerprint density at radius 1 is 0.882 bits per heavy atom. The molecule has 1 aliphatic heterocycles. The van der Waals surface area contributed by atoms with Crippen molar-refractivity contribution in [3.8, 4) is 17.2 Å². The SMILES string of the molecule is Cn1c(=O)c(-c2noc(C(=O)N3CCN(c4ccccc4)CC3)n2)nn(-c2ccccc2)c1=O. The van der Waals surface area contributed by atoms with Crippen LogP contribution in [0.3, 0.4) is 0 Å². The van der Waals surface area contributed by atoms with Crippen LogP contribution in [0, 0.1) is 0 Å². The molecule has 34 heavy (non-hydrogen) atoms. The first kappa shape index (κ1) is 21.3. The van der Waals surface area contributed by atoms with Crippen molar-refractivity contribution in [2.75, 3.05) is 31.1 Å². The highest BCUT2D eigenvalue weighted by Crippen LogP contribution is 2.17. The lowest BCUT2D eigenvalue weighted by molar-refractivity contribution is 0.0696. The highest BCUT2D eigenvalue weighted by Gasteiger charge is 2.28. The van der Waals surface area contributed by atoms with E-state index in [1.54, 1.807) is 35.2 Å². The van der Waals surface area contributed by atoms with Crippen LogP contribution in [-0.2, 0) is 7.05 Å². The lowest BCUT2D eigenvalue weighted by Crippen LogP contribution is -2.48. The molecule has 0 N–H and O–H groups in total. The summed E-state index contributed by atoms with van der Waals surface area (Å²) in [5.74, 6) is -0.805. The van der Waals surface area contributed by atoms with Gasteiger partial charge >= 0.3 is 17.5 Å². The normalized spacial score (nSPS) is 13.8. The van der Waals surface area contributed by atoms with Crippen LogP contribution in [0.1, 0.15) is 10.7 Å². The van der Waals surface area contributed by atoms with Crippen LogP contribution in [0.4, 0.5) is 5.69 Å². The third-order valence-corrected chi connectivity index (χ3v) is 5.69. The van der Waals surface area contributed by atoms with Gasteiger partial charge in [0.2, 0.25) is 5.82 Å². The Hall–Kier alpha value is -4.54. The number of piperazine rings is 1. The van der Waals surface area contributed by atoms with E-state index in [1.165, 1.54) is 7.05 Å². The molecule has 172 valence electrons. The summed E-state index contributed by atoms with van der Waals surface area (Å²) in [6, 6.07) is 18.6. The van der Waals surface area contributed by atoms with Crippen molar-refractivity contribution in [2.45, 2.75) is 0 Å². The fourth-order valence-electron chi connectivity index (χ4n) is 3.80. The Morgan fingerprint density at radius 3 is 2.15 bits per heavy atom. The maximum atomic E-state index is 12.9. The number of anilines is 1. The van der Waals surface area contributed by atoms with Gasteiger partial charge in [-0.25, -0.2) is 4.79 Å². The average molecular weight is 459 g/mol. The van der Waals surface area contributed by atoms with Crippen LogP contribution in [-0.4, -0.2) is 61.5 Å². The molecule has 2 aromatic heterocycles. The number of hydrogen-bond donors (Lipinski definition) is 0. The first-order chi connectivity index (χ1) is 16.5. The van der Waals surface area contributed by atoms with Gasteiger partial charge in [-0.1, -0.05) is 41.6 Å². The molecule has 3 heterocycles. The lowest BCUT2D eigenvalue weighted by atomic mass is 10.2. The molecule has 0 atom stereocenters. The van der Waals surface area contributed by atoms with Gasteiger partial charge in [0.25, 0.3) is 5.56 Å².